The van der Waals surface area contributed by atoms with Crippen molar-refractivity contribution in [3.63, 3.8) is 0 Å². The molecule has 0 unspecified atom stereocenters. The monoisotopic (exact) mass is 371 g/mol. The van der Waals surface area contributed by atoms with Gasteiger partial charge in [-0.2, -0.15) is 0 Å². The minimum absolute atomic E-state index is 0.441. The van der Waals surface area contributed by atoms with E-state index in [-0.39, 0.29) is 0 Å². The van der Waals surface area contributed by atoms with E-state index < -0.39 is 0 Å². The highest BCUT2D eigenvalue weighted by Gasteiger charge is 2.14. The van der Waals surface area contributed by atoms with Gasteiger partial charge in [0.25, 0.3) is 0 Å². The summed E-state index contributed by atoms with van der Waals surface area (Å²) in [6.45, 7) is 7.10. The summed E-state index contributed by atoms with van der Waals surface area (Å²) in [6, 6.07) is 17.1. The Hall–Kier alpha value is -3.42. The smallest absolute Gasteiger partial charge is 0.187 e. The van der Waals surface area contributed by atoms with Crippen molar-refractivity contribution in [2.24, 2.45) is 0 Å². The summed E-state index contributed by atoms with van der Waals surface area (Å²) in [5.74, 6) is 0.740. The molecule has 0 saturated heterocycles. The number of fused-ring (bicyclic) bond motifs is 1. The lowest BCUT2D eigenvalue weighted by atomic mass is 9.99. The van der Waals surface area contributed by atoms with Crippen molar-refractivity contribution >= 4 is 28.2 Å². The Kier molecular flexibility index (Phi) is 4.45. The SMILES string of the molecule is [C-]#[N+]c1ccc(-c2cccc3c(OC)c(-c4ccc(Cl)nc4)cnc23)cc1. The molecule has 0 N–H and O–H groups in total. The van der Waals surface area contributed by atoms with Gasteiger partial charge in [0.05, 0.1) is 19.2 Å². The van der Waals surface area contributed by atoms with Crippen LogP contribution in [0, 0.1) is 6.57 Å². The summed E-state index contributed by atoms with van der Waals surface area (Å²) in [5.41, 5.74) is 5.19. The predicted octanol–water partition coefficient (Wildman–Crippen LogP) is 6.18. The first-order valence-electron chi connectivity index (χ1n) is 8.27. The minimum atomic E-state index is 0.441. The van der Waals surface area contributed by atoms with Crippen molar-refractivity contribution in [1.82, 2.24) is 9.97 Å². The van der Waals surface area contributed by atoms with Crippen LogP contribution in [0.15, 0.2) is 67.0 Å². The van der Waals surface area contributed by atoms with Crippen LogP contribution >= 0.6 is 11.6 Å². The second-order valence-electron chi connectivity index (χ2n) is 5.94. The third kappa shape index (κ3) is 3.10. The molecule has 0 aliphatic rings. The van der Waals surface area contributed by atoms with Gasteiger partial charge in [0.2, 0.25) is 0 Å². The molecule has 0 fully saturated rings. The van der Waals surface area contributed by atoms with Gasteiger partial charge in [-0.25, -0.2) is 9.83 Å². The lowest BCUT2D eigenvalue weighted by Crippen LogP contribution is -1.94. The molecule has 0 aliphatic heterocycles. The minimum Gasteiger partial charge on any atom is -0.495 e. The lowest BCUT2D eigenvalue weighted by Gasteiger charge is -2.14. The summed E-state index contributed by atoms with van der Waals surface area (Å²) in [6.07, 6.45) is 3.50. The zero-order chi connectivity index (χ0) is 18.8. The van der Waals surface area contributed by atoms with Gasteiger partial charge in [0, 0.05) is 34.5 Å². The van der Waals surface area contributed by atoms with Gasteiger partial charge in [0.15, 0.2) is 5.69 Å². The van der Waals surface area contributed by atoms with Crippen LogP contribution in [0.2, 0.25) is 5.15 Å². The van der Waals surface area contributed by atoms with Crippen LogP contribution in [0.4, 0.5) is 5.69 Å². The summed E-state index contributed by atoms with van der Waals surface area (Å²) in [4.78, 5) is 12.3. The highest BCUT2D eigenvalue weighted by molar-refractivity contribution is 6.29. The second-order valence-corrected chi connectivity index (χ2v) is 6.32. The third-order valence-corrected chi connectivity index (χ3v) is 4.62. The normalized spacial score (nSPS) is 10.6. The summed E-state index contributed by atoms with van der Waals surface area (Å²) in [7, 11) is 1.65. The first-order chi connectivity index (χ1) is 13.2. The van der Waals surface area contributed by atoms with E-state index in [0.717, 1.165) is 38.9 Å². The second kappa shape index (κ2) is 7.06. The highest BCUT2D eigenvalue weighted by atomic mass is 35.5. The van der Waals surface area contributed by atoms with Crippen LogP contribution in [0.5, 0.6) is 5.75 Å². The van der Waals surface area contributed by atoms with E-state index in [0.29, 0.717) is 10.8 Å². The van der Waals surface area contributed by atoms with Crippen molar-refractivity contribution in [3.8, 4) is 28.0 Å². The standard InChI is InChI=1S/C22H14ClN3O/c1-24-16-9-6-14(7-10-16)17-4-3-5-18-21(17)26-13-19(22(18)27-2)15-8-11-20(23)25-12-15/h3-13H,2H3. The number of methoxy groups -OCH3 is 1. The fourth-order valence-electron chi connectivity index (χ4n) is 3.11. The lowest BCUT2D eigenvalue weighted by molar-refractivity contribution is 0.421. The Morgan fingerprint density at radius 3 is 2.33 bits per heavy atom. The molecule has 2 aromatic heterocycles. The van der Waals surface area contributed by atoms with E-state index in [2.05, 4.69) is 9.83 Å². The molecular formula is C22H14ClN3O. The zero-order valence-electron chi connectivity index (χ0n) is 14.5. The van der Waals surface area contributed by atoms with Crippen LogP contribution in [-0.2, 0) is 0 Å². The van der Waals surface area contributed by atoms with Crippen LogP contribution in [0.25, 0.3) is 38.0 Å². The van der Waals surface area contributed by atoms with Crippen molar-refractivity contribution < 1.29 is 4.74 Å². The maximum atomic E-state index is 7.10. The number of rotatable bonds is 3. The van der Waals surface area contributed by atoms with Gasteiger partial charge in [-0.15, -0.1) is 0 Å². The van der Waals surface area contributed by atoms with Gasteiger partial charge in [-0.05, 0) is 23.8 Å². The Bertz CT molecular complexity index is 1160. The third-order valence-electron chi connectivity index (χ3n) is 4.40. The molecule has 130 valence electrons. The quantitative estimate of drug-likeness (QED) is 0.319. The first-order valence-corrected chi connectivity index (χ1v) is 8.64. The summed E-state index contributed by atoms with van der Waals surface area (Å²) >= 11 is 5.90. The van der Waals surface area contributed by atoms with Crippen LogP contribution in [0.1, 0.15) is 0 Å². The van der Waals surface area contributed by atoms with E-state index >= 15 is 0 Å². The molecule has 0 spiro atoms. The van der Waals surface area contributed by atoms with E-state index in [9.17, 15) is 0 Å². The first kappa shape index (κ1) is 17.0. The Balaban J connectivity index is 1.92. The number of para-hydroxylation sites is 1. The number of hydrogen-bond acceptors (Lipinski definition) is 3. The molecule has 2 heterocycles. The fraction of sp³-hybridized carbons (Fsp3) is 0.0455. The summed E-state index contributed by atoms with van der Waals surface area (Å²) in [5, 5.41) is 1.35. The Labute approximate surface area is 161 Å². The van der Waals surface area contributed by atoms with Gasteiger partial charge in [-0.3, -0.25) is 4.98 Å². The fourth-order valence-corrected chi connectivity index (χ4v) is 3.22. The maximum Gasteiger partial charge on any atom is 0.187 e. The van der Waals surface area contributed by atoms with Crippen molar-refractivity contribution in [1.29, 1.82) is 0 Å². The molecule has 5 heteroatoms. The number of aromatic nitrogens is 2. The number of halogens is 1. The molecule has 4 rings (SSSR count). The molecule has 0 amide bonds. The topological polar surface area (TPSA) is 39.4 Å². The average molecular weight is 372 g/mol. The number of ether oxygens (including phenoxy) is 1. The molecule has 0 radical (unpaired) electrons. The zero-order valence-corrected chi connectivity index (χ0v) is 15.2. The van der Waals surface area contributed by atoms with Crippen molar-refractivity contribution in [2.45, 2.75) is 0 Å². The molecule has 4 nitrogen and oxygen atoms in total. The molecule has 0 bridgehead atoms. The molecule has 0 atom stereocenters. The predicted molar refractivity (Wildman–Crippen MR) is 108 cm³/mol. The van der Waals surface area contributed by atoms with E-state index in [4.69, 9.17) is 27.9 Å². The van der Waals surface area contributed by atoms with Crippen LogP contribution in [0.3, 0.4) is 0 Å². The largest absolute Gasteiger partial charge is 0.495 e. The van der Waals surface area contributed by atoms with Crippen molar-refractivity contribution in [3.05, 3.63) is 83.6 Å². The van der Waals surface area contributed by atoms with E-state index in [1.54, 1.807) is 25.6 Å². The molecule has 0 saturated carbocycles. The van der Waals surface area contributed by atoms with Crippen LogP contribution < -0.4 is 4.74 Å². The maximum absolute atomic E-state index is 7.10. The van der Waals surface area contributed by atoms with Crippen molar-refractivity contribution in [2.75, 3.05) is 7.11 Å². The molecule has 4 aromatic rings. The molecule has 2 aromatic carbocycles. The number of nitrogens with zero attached hydrogens (tertiary/aromatic N) is 3. The Morgan fingerprint density at radius 2 is 1.67 bits per heavy atom. The number of benzene rings is 2. The molecule has 0 aliphatic carbocycles. The molecule has 27 heavy (non-hydrogen) atoms. The average Bonchev–Trinajstić information content (AvgIpc) is 2.73. The highest BCUT2D eigenvalue weighted by Crippen LogP contribution is 2.39. The van der Waals surface area contributed by atoms with E-state index in [1.807, 2.05) is 48.5 Å². The van der Waals surface area contributed by atoms with Crippen LogP contribution in [-0.4, -0.2) is 17.1 Å². The summed E-state index contributed by atoms with van der Waals surface area (Å²) < 4.78 is 5.73. The molecular weight excluding hydrogens is 358 g/mol. The number of pyridine rings is 2. The van der Waals surface area contributed by atoms with E-state index in [1.165, 1.54) is 0 Å². The Morgan fingerprint density at radius 1 is 0.889 bits per heavy atom. The number of hydrogen-bond donors (Lipinski definition) is 0. The van der Waals surface area contributed by atoms with Gasteiger partial charge < -0.3 is 4.74 Å². The van der Waals surface area contributed by atoms with Gasteiger partial charge in [-0.1, -0.05) is 48.0 Å². The van der Waals surface area contributed by atoms with Gasteiger partial charge in [0.1, 0.15) is 10.9 Å². The van der Waals surface area contributed by atoms with Gasteiger partial charge >= 0.3 is 0 Å².